The number of nitrogens with one attached hydrogen (secondary N) is 1. The largest absolute Gasteiger partial charge is 0.372 e. The van der Waals surface area contributed by atoms with E-state index >= 15 is 0 Å². The second kappa shape index (κ2) is 7.97. The summed E-state index contributed by atoms with van der Waals surface area (Å²) in [5, 5.41) is 6.94. The lowest BCUT2D eigenvalue weighted by Crippen LogP contribution is -2.29. The van der Waals surface area contributed by atoms with E-state index in [2.05, 4.69) is 34.5 Å². The molecule has 1 N–H and O–H groups in total. The zero-order valence-corrected chi connectivity index (χ0v) is 14.0. The van der Waals surface area contributed by atoms with E-state index in [1.807, 2.05) is 22.9 Å². The Morgan fingerprint density at radius 1 is 1.13 bits per heavy atom. The standard InChI is InChI=1S/C19H22N2OS/c22-19(9-6-17-10-13-23-15-17)20-14-16-4-7-18(8-5-16)21-11-2-1-3-12-21/h4-10,13,15H,1-3,11-12,14H2,(H,20,22)/b9-6+. The third-order valence-electron chi connectivity index (χ3n) is 4.09. The monoisotopic (exact) mass is 326 g/mol. The number of benzene rings is 1. The minimum absolute atomic E-state index is 0.0590. The molecule has 120 valence electrons. The van der Waals surface area contributed by atoms with Crippen molar-refractivity contribution < 1.29 is 4.79 Å². The van der Waals surface area contributed by atoms with E-state index in [9.17, 15) is 4.79 Å². The third-order valence-corrected chi connectivity index (χ3v) is 4.80. The Kier molecular flexibility index (Phi) is 5.48. The summed E-state index contributed by atoms with van der Waals surface area (Å²) >= 11 is 1.63. The maximum absolute atomic E-state index is 11.8. The fraction of sp³-hybridized carbons (Fsp3) is 0.316. The molecule has 3 rings (SSSR count). The molecule has 0 radical (unpaired) electrons. The number of carbonyl (C=O) groups is 1. The highest BCUT2D eigenvalue weighted by atomic mass is 32.1. The van der Waals surface area contributed by atoms with Gasteiger partial charge in [0.1, 0.15) is 0 Å². The molecule has 3 nitrogen and oxygen atoms in total. The minimum Gasteiger partial charge on any atom is -0.372 e. The lowest BCUT2D eigenvalue weighted by molar-refractivity contribution is -0.116. The van der Waals surface area contributed by atoms with Gasteiger partial charge in [0.15, 0.2) is 0 Å². The molecular weight excluding hydrogens is 304 g/mol. The van der Waals surface area contributed by atoms with Crippen LogP contribution >= 0.6 is 11.3 Å². The Morgan fingerprint density at radius 3 is 2.61 bits per heavy atom. The molecule has 0 saturated carbocycles. The number of piperidine rings is 1. The van der Waals surface area contributed by atoms with E-state index in [-0.39, 0.29) is 5.91 Å². The fourth-order valence-electron chi connectivity index (χ4n) is 2.77. The van der Waals surface area contributed by atoms with E-state index < -0.39 is 0 Å². The van der Waals surface area contributed by atoms with E-state index in [0.29, 0.717) is 6.54 Å². The zero-order valence-electron chi connectivity index (χ0n) is 13.2. The van der Waals surface area contributed by atoms with Crippen molar-refractivity contribution in [2.24, 2.45) is 0 Å². The molecule has 1 aliphatic rings. The molecule has 0 unspecified atom stereocenters. The molecule has 4 heteroatoms. The van der Waals surface area contributed by atoms with E-state index in [0.717, 1.165) is 24.2 Å². The van der Waals surface area contributed by atoms with Crippen molar-refractivity contribution in [1.82, 2.24) is 5.32 Å². The smallest absolute Gasteiger partial charge is 0.244 e. The second-order valence-electron chi connectivity index (χ2n) is 5.82. The van der Waals surface area contributed by atoms with Crippen molar-refractivity contribution in [2.45, 2.75) is 25.8 Å². The normalized spacial score (nSPS) is 15.0. The number of thiophene rings is 1. The minimum atomic E-state index is -0.0590. The van der Waals surface area contributed by atoms with Gasteiger partial charge in [0, 0.05) is 31.4 Å². The Hall–Kier alpha value is -2.07. The highest BCUT2D eigenvalue weighted by Crippen LogP contribution is 2.20. The maximum Gasteiger partial charge on any atom is 0.244 e. The van der Waals surface area contributed by atoms with E-state index in [1.165, 1.54) is 24.9 Å². The first-order valence-corrected chi connectivity index (χ1v) is 9.07. The number of nitrogens with zero attached hydrogens (tertiary/aromatic N) is 1. The van der Waals surface area contributed by atoms with Gasteiger partial charge in [-0.25, -0.2) is 0 Å². The summed E-state index contributed by atoms with van der Waals surface area (Å²) in [5.74, 6) is -0.0590. The molecule has 2 heterocycles. The van der Waals surface area contributed by atoms with Crippen LogP contribution in [0.5, 0.6) is 0 Å². The van der Waals surface area contributed by atoms with Crippen LogP contribution in [0.15, 0.2) is 47.2 Å². The third kappa shape index (κ3) is 4.70. The van der Waals surface area contributed by atoms with Gasteiger partial charge in [0.2, 0.25) is 5.91 Å². The summed E-state index contributed by atoms with van der Waals surface area (Å²) in [5.41, 5.74) is 3.48. The van der Waals surface area contributed by atoms with Gasteiger partial charge in [0.25, 0.3) is 0 Å². The molecule has 1 aliphatic heterocycles. The molecule has 1 aromatic heterocycles. The first-order chi connectivity index (χ1) is 11.3. The number of hydrogen-bond donors (Lipinski definition) is 1. The summed E-state index contributed by atoms with van der Waals surface area (Å²) < 4.78 is 0. The Bertz CT molecular complexity index is 641. The Morgan fingerprint density at radius 2 is 1.91 bits per heavy atom. The van der Waals surface area contributed by atoms with Crippen LogP contribution in [0.2, 0.25) is 0 Å². The van der Waals surface area contributed by atoms with Crippen molar-refractivity contribution in [3.05, 3.63) is 58.3 Å². The molecule has 1 fully saturated rings. The van der Waals surface area contributed by atoms with Gasteiger partial charge < -0.3 is 10.2 Å². The van der Waals surface area contributed by atoms with E-state index in [1.54, 1.807) is 17.4 Å². The molecule has 0 atom stereocenters. The highest BCUT2D eigenvalue weighted by molar-refractivity contribution is 7.08. The summed E-state index contributed by atoms with van der Waals surface area (Å²) in [6.07, 6.45) is 7.34. The molecular formula is C19H22N2OS. The highest BCUT2D eigenvalue weighted by Gasteiger charge is 2.10. The average molecular weight is 326 g/mol. The number of anilines is 1. The topological polar surface area (TPSA) is 32.3 Å². The van der Waals surface area contributed by atoms with Crippen molar-refractivity contribution in [2.75, 3.05) is 18.0 Å². The van der Waals surface area contributed by atoms with Crippen molar-refractivity contribution in [3.8, 4) is 0 Å². The number of rotatable bonds is 5. The second-order valence-corrected chi connectivity index (χ2v) is 6.60. The van der Waals surface area contributed by atoms with Gasteiger partial charge >= 0.3 is 0 Å². The molecule has 1 amide bonds. The van der Waals surface area contributed by atoms with Gasteiger partial charge in [-0.1, -0.05) is 12.1 Å². The van der Waals surface area contributed by atoms with Crippen LogP contribution in [-0.4, -0.2) is 19.0 Å². The van der Waals surface area contributed by atoms with E-state index in [4.69, 9.17) is 0 Å². The van der Waals surface area contributed by atoms with Gasteiger partial charge in [0.05, 0.1) is 0 Å². The molecule has 2 aromatic rings. The van der Waals surface area contributed by atoms with Gasteiger partial charge in [-0.15, -0.1) is 0 Å². The first kappa shape index (κ1) is 15.8. The Labute approximate surface area is 141 Å². The van der Waals surface area contributed by atoms with Crippen LogP contribution in [-0.2, 0) is 11.3 Å². The fourth-order valence-corrected chi connectivity index (χ4v) is 3.40. The first-order valence-electron chi connectivity index (χ1n) is 8.13. The van der Waals surface area contributed by atoms with Crippen LogP contribution < -0.4 is 10.2 Å². The summed E-state index contributed by atoms with van der Waals surface area (Å²) in [6.45, 7) is 2.88. The number of hydrogen-bond acceptors (Lipinski definition) is 3. The number of carbonyl (C=O) groups excluding carboxylic acids is 1. The average Bonchev–Trinajstić information content (AvgIpc) is 3.13. The molecule has 0 spiro atoms. The molecule has 0 bridgehead atoms. The maximum atomic E-state index is 11.8. The van der Waals surface area contributed by atoms with Gasteiger partial charge in [-0.2, -0.15) is 11.3 Å². The van der Waals surface area contributed by atoms with Crippen LogP contribution in [0.4, 0.5) is 5.69 Å². The van der Waals surface area contributed by atoms with Gasteiger partial charge in [-0.05, 0) is 65.4 Å². The summed E-state index contributed by atoms with van der Waals surface area (Å²) in [6, 6.07) is 10.5. The zero-order chi connectivity index (χ0) is 15.9. The van der Waals surface area contributed by atoms with Crippen LogP contribution in [0.3, 0.4) is 0 Å². The predicted octanol–water partition coefficient (Wildman–Crippen LogP) is 4.07. The summed E-state index contributed by atoms with van der Waals surface area (Å²) in [4.78, 5) is 14.3. The molecule has 0 aliphatic carbocycles. The number of amides is 1. The quantitative estimate of drug-likeness (QED) is 0.840. The van der Waals surface area contributed by atoms with Crippen LogP contribution in [0.1, 0.15) is 30.4 Å². The molecule has 1 saturated heterocycles. The van der Waals surface area contributed by atoms with Crippen LogP contribution in [0, 0.1) is 0 Å². The predicted molar refractivity (Wildman–Crippen MR) is 97.7 cm³/mol. The molecule has 1 aromatic carbocycles. The lowest BCUT2D eigenvalue weighted by atomic mass is 10.1. The van der Waals surface area contributed by atoms with Crippen molar-refractivity contribution in [3.63, 3.8) is 0 Å². The Balaban J connectivity index is 1.49. The van der Waals surface area contributed by atoms with Gasteiger partial charge in [-0.3, -0.25) is 4.79 Å². The van der Waals surface area contributed by atoms with Crippen molar-refractivity contribution >= 4 is 29.0 Å². The van der Waals surface area contributed by atoms with Crippen LogP contribution in [0.25, 0.3) is 6.08 Å². The van der Waals surface area contributed by atoms with Crippen molar-refractivity contribution in [1.29, 1.82) is 0 Å². The SMILES string of the molecule is O=C(/C=C/c1ccsc1)NCc1ccc(N2CCCCC2)cc1. The lowest BCUT2D eigenvalue weighted by Gasteiger charge is -2.28. The summed E-state index contributed by atoms with van der Waals surface area (Å²) in [7, 11) is 0. The molecule has 23 heavy (non-hydrogen) atoms.